The maximum absolute atomic E-state index is 6.29. The summed E-state index contributed by atoms with van der Waals surface area (Å²) in [6.07, 6.45) is 1.67. The summed E-state index contributed by atoms with van der Waals surface area (Å²) >= 11 is 12.2. The predicted molar refractivity (Wildman–Crippen MR) is 80.0 cm³/mol. The zero-order valence-electron chi connectivity index (χ0n) is 11.5. The van der Waals surface area contributed by atoms with Crippen molar-refractivity contribution in [1.29, 1.82) is 0 Å². The molecule has 2 aromatic rings. The lowest BCUT2D eigenvalue weighted by molar-refractivity contribution is 0.517. The third-order valence-electron chi connectivity index (χ3n) is 2.92. The Balaban J connectivity index is 2.22. The quantitative estimate of drug-likeness (QED) is 0.891. The van der Waals surface area contributed by atoms with E-state index in [2.05, 4.69) is 27.7 Å². The average molecular weight is 314 g/mol. The maximum atomic E-state index is 6.29. The summed E-state index contributed by atoms with van der Waals surface area (Å²) in [7, 11) is 1.75. The minimum atomic E-state index is 0.0453. The van der Waals surface area contributed by atoms with Gasteiger partial charge in [0.15, 0.2) is 5.82 Å². The van der Waals surface area contributed by atoms with E-state index in [9.17, 15) is 0 Å². The van der Waals surface area contributed by atoms with E-state index in [1.807, 2.05) is 12.1 Å². The number of rotatable bonds is 6. The number of nitrogens with one attached hydrogen (secondary N) is 1. The molecule has 7 heteroatoms. The highest BCUT2D eigenvalue weighted by atomic mass is 35.5. The average Bonchev–Trinajstić information content (AvgIpc) is 2.80. The van der Waals surface area contributed by atoms with Crippen molar-refractivity contribution in [2.24, 2.45) is 7.05 Å². The van der Waals surface area contributed by atoms with Crippen LogP contribution in [0.15, 0.2) is 18.2 Å². The summed E-state index contributed by atoms with van der Waals surface area (Å²) in [4.78, 5) is 1.45. The van der Waals surface area contributed by atoms with E-state index in [-0.39, 0.29) is 6.04 Å². The molecule has 1 atom stereocenters. The number of nitrogens with zero attached hydrogens (tertiary/aromatic N) is 4. The molecule has 0 aliphatic carbocycles. The molecule has 1 N–H and O–H groups in total. The second-order valence-electron chi connectivity index (χ2n) is 4.57. The smallest absolute Gasteiger partial charge is 0.176 e. The first kappa shape index (κ1) is 15.2. The second kappa shape index (κ2) is 7.02. The van der Waals surface area contributed by atoms with E-state index in [1.165, 1.54) is 4.80 Å². The molecule has 0 spiro atoms. The van der Waals surface area contributed by atoms with Gasteiger partial charge in [0, 0.05) is 22.5 Å². The number of halogens is 2. The Morgan fingerprint density at radius 2 is 2.15 bits per heavy atom. The number of aryl methyl sites for hydroxylation is 1. The van der Waals surface area contributed by atoms with Crippen molar-refractivity contribution in [3.63, 3.8) is 0 Å². The van der Waals surface area contributed by atoms with Crippen LogP contribution in [0.25, 0.3) is 0 Å². The monoisotopic (exact) mass is 313 g/mol. The normalized spacial score (nSPS) is 12.6. The molecule has 2 rings (SSSR count). The van der Waals surface area contributed by atoms with E-state index >= 15 is 0 Å². The molecular weight excluding hydrogens is 297 g/mol. The molecule has 1 aromatic heterocycles. The molecule has 0 aliphatic rings. The van der Waals surface area contributed by atoms with Crippen molar-refractivity contribution in [2.45, 2.75) is 25.8 Å². The summed E-state index contributed by atoms with van der Waals surface area (Å²) in [5.41, 5.74) is 0.997. The fourth-order valence-corrected chi connectivity index (χ4v) is 2.52. The van der Waals surface area contributed by atoms with Gasteiger partial charge in [-0.15, -0.1) is 10.2 Å². The molecule has 0 fully saturated rings. The second-order valence-corrected chi connectivity index (χ2v) is 5.42. The van der Waals surface area contributed by atoms with Crippen molar-refractivity contribution in [3.05, 3.63) is 39.6 Å². The van der Waals surface area contributed by atoms with Gasteiger partial charge in [-0.2, -0.15) is 4.80 Å². The molecule has 108 valence electrons. The lowest BCUT2D eigenvalue weighted by Gasteiger charge is -2.18. The van der Waals surface area contributed by atoms with Gasteiger partial charge in [-0.05, 0) is 35.9 Å². The van der Waals surface area contributed by atoms with E-state index in [1.54, 1.807) is 13.1 Å². The summed E-state index contributed by atoms with van der Waals surface area (Å²) in [5.74, 6) is 0.687. The van der Waals surface area contributed by atoms with Gasteiger partial charge < -0.3 is 5.32 Å². The Bertz CT molecular complexity index is 570. The molecule has 1 unspecified atom stereocenters. The van der Waals surface area contributed by atoms with Crippen LogP contribution in [0.1, 0.15) is 30.8 Å². The number of tetrazole rings is 1. The van der Waals surface area contributed by atoms with Crippen molar-refractivity contribution in [3.8, 4) is 0 Å². The minimum absolute atomic E-state index is 0.0453. The van der Waals surface area contributed by atoms with E-state index in [0.717, 1.165) is 18.5 Å². The molecule has 20 heavy (non-hydrogen) atoms. The lowest BCUT2D eigenvalue weighted by atomic mass is 10.0. The van der Waals surface area contributed by atoms with Crippen LogP contribution in [0.2, 0.25) is 10.0 Å². The highest BCUT2D eigenvalue weighted by molar-refractivity contribution is 6.35. The molecule has 0 bridgehead atoms. The number of benzene rings is 1. The van der Waals surface area contributed by atoms with Crippen molar-refractivity contribution in [2.75, 3.05) is 6.54 Å². The summed E-state index contributed by atoms with van der Waals surface area (Å²) in [6, 6.07) is 5.58. The molecule has 0 amide bonds. The van der Waals surface area contributed by atoms with Crippen molar-refractivity contribution < 1.29 is 0 Å². The van der Waals surface area contributed by atoms with Gasteiger partial charge in [-0.25, -0.2) is 0 Å². The van der Waals surface area contributed by atoms with E-state index in [4.69, 9.17) is 23.2 Å². The van der Waals surface area contributed by atoms with Gasteiger partial charge >= 0.3 is 0 Å². The van der Waals surface area contributed by atoms with Crippen LogP contribution in [0.4, 0.5) is 0 Å². The van der Waals surface area contributed by atoms with Crippen LogP contribution in [-0.4, -0.2) is 26.8 Å². The minimum Gasteiger partial charge on any atom is -0.310 e. The van der Waals surface area contributed by atoms with Crippen LogP contribution >= 0.6 is 23.2 Å². The Morgan fingerprint density at radius 3 is 2.75 bits per heavy atom. The van der Waals surface area contributed by atoms with Crippen molar-refractivity contribution >= 4 is 23.2 Å². The largest absolute Gasteiger partial charge is 0.310 e. The number of hydrogen-bond donors (Lipinski definition) is 1. The molecule has 1 aromatic carbocycles. The van der Waals surface area contributed by atoms with E-state index in [0.29, 0.717) is 22.3 Å². The van der Waals surface area contributed by atoms with Gasteiger partial charge in [0.2, 0.25) is 0 Å². The summed E-state index contributed by atoms with van der Waals surface area (Å²) < 4.78 is 0. The Labute approximate surface area is 128 Å². The van der Waals surface area contributed by atoms with E-state index < -0.39 is 0 Å². The fraction of sp³-hybridized carbons (Fsp3) is 0.462. The maximum Gasteiger partial charge on any atom is 0.176 e. The Hall–Kier alpha value is -1.17. The number of hydrogen-bond acceptors (Lipinski definition) is 4. The SMILES string of the molecule is CCCNC(Cc1nnn(C)n1)c1ccc(Cl)cc1Cl. The highest BCUT2D eigenvalue weighted by Gasteiger charge is 2.17. The molecule has 0 saturated heterocycles. The Morgan fingerprint density at radius 1 is 1.35 bits per heavy atom. The zero-order valence-corrected chi connectivity index (χ0v) is 13.0. The van der Waals surface area contributed by atoms with Gasteiger partial charge in [-0.3, -0.25) is 0 Å². The third-order valence-corrected chi connectivity index (χ3v) is 3.48. The zero-order chi connectivity index (χ0) is 14.5. The molecule has 5 nitrogen and oxygen atoms in total. The highest BCUT2D eigenvalue weighted by Crippen LogP contribution is 2.27. The lowest BCUT2D eigenvalue weighted by Crippen LogP contribution is -2.25. The van der Waals surface area contributed by atoms with Crippen molar-refractivity contribution in [1.82, 2.24) is 25.5 Å². The van der Waals surface area contributed by atoms with Gasteiger partial charge in [0.1, 0.15) is 0 Å². The van der Waals surface area contributed by atoms with Crippen LogP contribution in [0, 0.1) is 0 Å². The van der Waals surface area contributed by atoms with Crippen LogP contribution < -0.4 is 5.32 Å². The molecular formula is C13H17Cl2N5. The topological polar surface area (TPSA) is 55.6 Å². The van der Waals surface area contributed by atoms with Gasteiger partial charge in [0.25, 0.3) is 0 Å². The molecule has 0 aliphatic heterocycles. The van der Waals surface area contributed by atoms with Crippen LogP contribution in [-0.2, 0) is 13.5 Å². The fourth-order valence-electron chi connectivity index (χ4n) is 1.98. The Kier molecular flexibility index (Phi) is 5.34. The summed E-state index contributed by atoms with van der Waals surface area (Å²) in [6.45, 7) is 3.01. The van der Waals surface area contributed by atoms with Gasteiger partial charge in [-0.1, -0.05) is 36.2 Å². The first-order valence-electron chi connectivity index (χ1n) is 6.51. The molecule has 0 saturated carbocycles. The predicted octanol–water partition coefficient (Wildman–Crippen LogP) is 2.80. The standard InChI is InChI=1S/C13H17Cl2N5/c1-3-6-16-12(8-13-17-19-20(2)18-13)10-5-4-9(14)7-11(10)15/h4-5,7,12,16H,3,6,8H2,1-2H3. The summed E-state index contributed by atoms with van der Waals surface area (Å²) in [5, 5.41) is 16.8. The first-order chi connectivity index (χ1) is 9.60. The first-order valence-corrected chi connectivity index (χ1v) is 7.27. The molecule has 0 radical (unpaired) electrons. The van der Waals surface area contributed by atoms with Gasteiger partial charge in [0.05, 0.1) is 7.05 Å². The van der Waals surface area contributed by atoms with Crippen LogP contribution in [0.5, 0.6) is 0 Å². The molecule has 1 heterocycles. The third kappa shape index (κ3) is 3.91. The van der Waals surface area contributed by atoms with Crippen LogP contribution in [0.3, 0.4) is 0 Å². The number of aromatic nitrogens is 4.